The zero-order chi connectivity index (χ0) is 20.1. The Hall–Kier alpha value is -2.97. The molecule has 0 radical (unpaired) electrons. The van der Waals surface area contributed by atoms with Crippen molar-refractivity contribution in [2.24, 2.45) is 0 Å². The lowest BCUT2D eigenvalue weighted by Crippen LogP contribution is -2.30. The third kappa shape index (κ3) is 4.65. The minimum atomic E-state index is -0.450. The molecule has 1 aromatic heterocycles. The minimum Gasteiger partial charge on any atom is -0.494 e. The molecule has 7 nitrogen and oxygen atoms in total. The molecule has 0 aliphatic rings. The number of nitrogens with one attached hydrogen (secondary N) is 2. The highest BCUT2D eigenvalue weighted by Gasteiger charge is 2.13. The molecule has 1 amide bonds. The number of methoxy groups -OCH3 is 1. The van der Waals surface area contributed by atoms with Crippen molar-refractivity contribution in [3.05, 3.63) is 65.5 Å². The van der Waals surface area contributed by atoms with Gasteiger partial charge in [-0.25, -0.2) is 14.1 Å². The third-order valence-corrected chi connectivity index (χ3v) is 4.38. The second-order valence-corrected chi connectivity index (χ2v) is 6.48. The molecule has 2 N–H and O–H groups in total. The maximum absolute atomic E-state index is 13.9. The Morgan fingerprint density at radius 3 is 2.82 bits per heavy atom. The number of hydrogen-bond donors (Lipinski definition) is 2. The van der Waals surface area contributed by atoms with Gasteiger partial charge in [-0.1, -0.05) is 17.7 Å². The summed E-state index contributed by atoms with van der Waals surface area (Å²) >= 11 is 6.05. The first-order valence-corrected chi connectivity index (χ1v) is 8.87. The smallest absolute Gasteiger partial charge is 0.238 e. The summed E-state index contributed by atoms with van der Waals surface area (Å²) in [6, 6.07) is 9.53. The summed E-state index contributed by atoms with van der Waals surface area (Å²) in [5.41, 5.74) is 1.85. The fraction of sp³-hybridized carbons (Fsp3) is 0.211. The lowest BCUT2D eigenvalue weighted by atomic mass is 10.1. The fourth-order valence-corrected chi connectivity index (χ4v) is 2.82. The number of anilines is 1. The van der Waals surface area contributed by atoms with Crippen molar-refractivity contribution in [1.82, 2.24) is 20.1 Å². The zero-order valence-electron chi connectivity index (χ0n) is 15.3. The van der Waals surface area contributed by atoms with Gasteiger partial charge in [0.05, 0.1) is 25.0 Å². The number of carbonyl (C=O) groups excluding carboxylic acids is 1. The van der Waals surface area contributed by atoms with Crippen LogP contribution in [0.25, 0.3) is 5.69 Å². The van der Waals surface area contributed by atoms with Crippen molar-refractivity contribution < 1.29 is 13.9 Å². The first kappa shape index (κ1) is 19.8. The molecule has 28 heavy (non-hydrogen) atoms. The molecular weight excluding hydrogens is 385 g/mol. The highest BCUT2D eigenvalue weighted by molar-refractivity contribution is 6.31. The Balaban J connectivity index is 1.65. The third-order valence-electron chi connectivity index (χ3n) is 4.14. The molecule has 0 saturated heterocycles. The van der Waals surface area contributed by atoms with Crippen molar-refractivity contribution in [3.63, 3.8) is 0 Å². The van der Waals surface area contributed by atoms with Gasteiger partial charge in [-0.3, -0.25) is 4.79 Å². The molecule has 0 spiro atoms. The average Bonchev–Trinajstić information content (AvgIpc) is 3.20. The van der Waals surface area contributed by atoms with E-state index in [9.17, 15) is 9.18 Å². The SMILES string of the molecule is COc1ccc(C(C)NCC(=O)Nc2cc(Cl)ccc2-n2cncn2)cc1F. The van der Waals surface area contributed by atoms with E-state index in [1.54, 1.807) is 30.3 Å². The Kier molecular flexibility index (Phi) is 6.23. The van der Waals surface area contributed by atoms with Crippen LogP contribution in [0.3, 0.4) is 0 Å². The average molecular weight is 404 g/mol. The minimum absolute atomic E-state index is 0.0259. The van der Waals surface area contributed by atoms with Crippen LogP contribution < -0.4 is 15.4 Å². The molecule has 3 aromatic rings. The van der Waals surface area contributed by atoms with Crippen LogP contribution in [0.4, 0.5) is 10.1 Å². The maximum Gasteiger partial charge on any atom is 0.238 e. The molecular formula is C19H19ClFN5O2. The highest BCUT2D eigenvalue weighted by Crippen LogP contribution is 2.24. The van der Waals surface area contributed by atoms with Gasteiger partial charge in [-0.2, -0.15) is 5.10 Å². The fourth-order valence-electron chi connectivity index (χ4n) is 2.65. The number of aromatic nitrogens is 3. The molecule has 146 valence electrons. The lowest BCUT2D eigenvalue weighted by Gasteiger charge is -2.16. The highest BCUT2D eigenvalue weighted by atomic mass is 35.5. The molecule has 0 fully saturated rings. The molecule has 3 rings (SSSR count). The van der Waals surface area contributed by atoms with Crippen LogP contribution in [0.5, 0.6) is 5.75 Å². The van der Waals surface area contributed by atoms with E-state index in [4.69, 9.17) is 16.3 Å². The normalized spacial score (nSPS) is 11.9. The monoisotopic (exact) mass is 403 g/mol. The second kappa shape index (κ2) is 8.81. The van der Waals surface area contributed by atoms with E-state index in [2.05, 4.69) is 20.7 Å². The predicted molar refractivity (Wildman–Crippen MR) is 104 cm³/mol. The topological polar surface area (TPSA) is 81.1 Å². The molecule has 0 bridgehead atoms. The molecule has 1 atom stereocenters. The molecule has 0 saturated carbocycles. The van der Waals surface area contributed by atoms with Crippen LogP contribution in [0, 0.1) is 5.82 Å². The van der Waals surface area contributed by atoms with Crippen LogP contribution in [-0.2, 0) is 4.79 Å². The van der Waals surface area contributed by atoms with Gasteiger partial charge in [0.15, 0.2) is 11.6 Å². The van der Waals surface area contributed by atoms with Gasteiger partial charge in [-0.05, 0) is 42.8 Å². The van der Waals surface area contributed by atoms with Crippen molar-refractivity contribution in [1.29, 1.82) is 0 Å². The van der Waals surface area contributed by atoms with Crippen molar-refractivity contribution >= 4 is 23.2 Å². The number of rotatable bonds is 7. The van der Waals surface area contributed by atoms with Gasteiger partial charge in [0.1, 0.15) is 12.7 Å². The number of amides is 1. The van der Waals surface area contributed by atoms with Gasteiger partial charge in [0.2, 0.25) is 5.91 Å². The molecule has 1 heterocycles. The Bertz CT molecular complexity index is 965. The lowest BCUT2D eigenvalue weighted by molar-refractivity contribution is -0.115. The summed E-state index contributed by atoms with van der Waals surface area (Å²) in [4.78, 5) is 16.3. The summed E-state index contributed by atoms with van der Waals surface area (Å²) < 4.78 is 20.3. The van der Waals surface area contributed by atoms with Gasteiger partial charge < -0.3 is 15.4 Å². The van der Waals surface area contributed by atoms with Crippen molar-refractivity contribution in [2.75, 3.05) is 19.0 Å². The molecule has 1 unspecified atom stereocenters. The molecule has 2 aromatic carbocycles. The van der Waals surface area contributed by atoms with E-state index >= 15 is 0 Å². The van der Waals surface area contributed by atoms with E-state index < -0.39 is 5.82 Å². The first-order chi connectivity index (χ1) is 13.5. The summed E-state index contributed by atoms with van der Waals surface area (Å²) in [6.45, 7) is 1.87. The Morgan fingerprint density at radius 2 is 2.14 bits per heavy atom. The van der Waals surface area contributed by atoms with Gasteiger partial charge in [-0.15, -0.1) is 0 Å². The van der Waals surface area contributed by atoms with Crippen LogP contribution >= 0.6 is 11.6 Å². The van der Waals surface area contributed by atoms with Crippen LogP contribution in [-0.4, -0.2) is 34.3 Å². The van der Waals surface area contributed by atoms with E-state index in [1.165, 1.54) is 30.5 Å². The molecule has 0 aliphatic carbocycles. The maximum atomic E-state index is 13.9. The summed E-state index contributed by atoms with van der Waals surface area (Å²) in [7, 11) is 1.41. The van der Waals surface area contributed by atoms with Gasteiger partial charge in [0.25, 0.3) is 0 Å². The number of ether oxygens (including phenoxy) is 1. The van der Waals surface area contributed by atoms with E-state index in [0.29, 0.717) is 22.0 Å². The van der Waals surface area contributed by atoms with Crippen molar-refractivity contribution in [3.8, 4) is 11.4 Å². The first-order valence-electron chi connectivity index (χ1n) is 8.49. The number of benzene rings is 2. The largest absolute Gasteiger partial charge is 0.494 e. The summed E-state index contributed by atoms with van der Waals surface area (Å²) in [5.74, 6) is -0.547. The van der Waals surface area contributed by atoms with E-state index in [0.717, 1.165) is 0 Å². The number of carbonyl (C=O) groups is 1. The summed E-state index contributed by atoms with van der Waals surface area (Å²) in [5, 5.41) is 10.4. The van der Waals surface area contributed by atoms with Crippen LogP contribution in [0.15, 0.2) is 49.1 Å². The zero-order valence-corrected chi connectivity index (χ0v) is 16.1. The number of hydrogen-bond acceptors (Lipinski definition) is 5. The number of halogens is 2. The predicted octanol–water partition coefficient (Wildman–Crippen LogP) is 3.36. The summed E-state index contributed by atoms with van der Waals surface area (Å²) in [6.07, 6.45) is 2.93. The Morgan fingerprint density at radius 1 is 1.32 bits per heavy atom. The van der Waals surface area contributed by atoms with E-state index in [-0.39, 0.29) is 24.2 Å². The van der Waals surface area contributed by atoms with Gasteiger partial charge in [0, 0.05) is 11.1 Å². The van der Waals surface area contributed by atoms with Crippen molar-refractivity contribution in [2.45, 2.75) is 13.0 Å². The van der Waals surface area contributed by atoms with Crippen LogP contribution in [0.2, 0.25) is 5.02 Å². The number of nitrogens with zero attached hydrogens (tertiary/aromatic N) is 3. The van der Waals surface area contributed by atoms with Crippen LogP contribution in [0.1, 0.15) is 18.5 Å². The quantitative estimate of drug-likeness (QED) is 0.632. The molecule has 0 aliphatic heterocycles. The Labute approximate surface area is 166 Å². The van der Waals surface area contributed by atoms with E-state index in [1.807, 2.05) is 6.92 Å². The molecule has 9 heteroatoms. The van der Waals surface area contributed by atoms with Gasteiger partial charge >= 0.3 is 0 Å². The standard InChI is InChI=1S/C19H19ClFN5O2/c1-12(13-3-6-18(28-2)15(21)7-13)23-9-19(27)25-16-8-14(20)4-5-17(16)26-11-22-10-24-26/h3-8,10-12,23H,9H2,1-2H3,(H,25,27). The second-order valence-electron chi connectivity index (χ2n) is 6.05.